The Morgan fingerprint density at radius 3 is 3.00 bits per heavy atom. The molecule has 1 atom stereocenters. The molecule has 1 aromatic heterocycles. The number of anilines is 1. The molecule has 3 rings (SSSR count). The fraction of sp³-hybridized carbons (Fsp3) is 0.167. The van der Waals surface area contributed by atoms with Gasteiger partial charge in [0.15, 0.2) is 0 Å². The Labute approximate surface area is 123 Å². The molecule has 0 fully saturated rings. The van der Waals surface area contributed by atoms with Crippen molar-refractivity contribution in [1.29, 1.82) is 0 Å². The summed E-state index contributed by atoms with van der Waals surface area (Å²) < 4.78 is 2.46. The summed E-state index contributed by atoms with van der Waals surface area (Å²) in [6, 6.07) is 7.18. The van der Waals surface area contributed by atoms with Crippen molar-refractivity contribution < 1.29 is 4.79 Å². The van der Waals surface area contributed by atoms with Crippen LogP contribution >= 0.6 is 15.9 Å². The average Bonchev–Trinajstić information content (AvgIpc) is 2.84. The number of fused-ring (bicyclic) bond motifs is 1. The highest BCUT2D eigenvalue weighted by Gasteiger charge is 2.32. The largest absolute Gasteiger partial charge is 0.366 e. The molecular weight excluding hydrogens is 324 g/mol. The van der Waals surface area contributed by atoms with Gasteiger partial charge in [-0.05, 0) is 35.0 Å². The summed E-state index contributed by atoms with van der Waals surface area (Å²) in [5.41, 5.74) is 7.50. The first-order chi connectivity index (χ1) is 9.58. The third-order valence-electron chi connectivity index (χ3n) is 3.14. The van der Waals surface area contributed by atoms with Crippen LogP contribution in [0.25, 0.3) is 0 Å². The Hall–Kier alpha value is -2.22. The Bertz CT molecular complexity index is 722. The van der Waals surface area contributed by atoms with Crippen LogP contribution in [0.15, 0.2) is 40.0 Å². The molecule has 1 amide bonds. The number of amides is 1. The van der Waals surface area contributed by atoms with E-state index in [-0.39, 0.29) is 0 Å². The number of tetrazole rings is 1. The van der Waals surface area contributed by atoms with Crippen molar-refractivity contribution in [3.8, 4) is 0 Å². The number of nitrogens with two attached hydrogens (primary N) is 1. The normalized spacial score (nSPS) is 17.6. The zero-order valence-corrected chi connectivity index (χ0v) is 12.1. The lowest BCUT2D eigenvalue weighted by Gasteiger charge is -2.26. The van der Waals surface area contributed by atoms with E-state index in [2.05, 4.69) is 36.8 Å². The van der Waals surface area contributed by atoms with Crippen LogP contribution in [-0.4, -0.2) is 26.1 Å². The highest BCUT2D eigenvalue weighted by molar-refractivity contribution is 9.10. The molecule has 2 heterocycles. The van der Waals surface area contributed by atoms with Gasteiger partial charge < -0.3 is 11.1 Å². The fourth-order valence-corrected chi connectivity index (χ4v) is 2.73. The molecule has 1 aliphatic rings. The van der Waals surface area contributed by atoms with Crippen molar-refractivity contribution in [1.82, 2.24) is 20.2 Å². The van der Waals surface area contributed by atoms with Crippen LogP contribution in [-0.2, 0) is 4.79 Å². The van der Waals surface area contributed by atoms with Crippen molar-refractivity contribution in [2.75, 3.05) is 5.32 Å². The van der Waals surface area contributed by atoms with E-state index in [0.29, 0.717) is 17.2 Å². The number of carbonyl (C=O) groups is 1. The Morgan fingerprint density at radius 1 is 1.50 bits per heavy atom. The number of nitrogens with one attached hydrogen (secondary N) is 1. The predicted molar refractivity (Wildman–Crippen MR) is 75.6 cm³/mol. The molecular formula is C12H11BrN6O. The molecule has 3 N–H and O–H groups in total. The first-order valence-electron chi connectivity index (χ1n) is 5.89. The molecule has 0 saturated carbocycles. The van der Waals surface area contributed by atoms with E-state index < -0.39 is 11.9 Å². The standard InChI is InChI=1S/C12H11BrN6O/c1-6-9(11(14)20)10(7-3-2-4-8(13)5-7)19-12(15-6)16-17-18-19/h2-5,10H,1H3,(H2,14,20)(H,15,16,18). The van der Waals surface area contributed by atoms with Gasteiger partial charge in [-0.1, -0.05) is 33.2 Å². The van der Waals surface area contributed by atoms with E-state index in [1.807, 2.05) is 24.3 Å². The van der Waals surface area contributed by atoms with Crippen molar-refractivity contribution in [2.45, 2.75) is 13.0 Å². The number of aromatic nitrogens is 4. The summed E-state index contributed by atoms with van der Waals surface area (Å²) in [5, 5.41) is 14.5. The van der Waals surface area contributed by atoms with E-state index in [4.69, 9.17) is 5.73 Å². The third-order valence-corrected chi connectivity index (χ3v) is 3.64. The van der Waals surface area contributed by atoms with Gasteiger partial charge in [0, 0.05) is 10.2 Å². The van der Waals surface area contributed by atoms with Crippen molar-refractivity contribution in [2.24, 2.45) is 5.73 Å². The van der Waals surface area contributed by atoms with Gasteiger partial charge in [-0.15, -0.1) is 0 Å². The van der Waals surface area contributed by atoms with Gasteiger partial charge in [-0.25, -0.2) is 0 Å². The molecule has 20 heavy (non-hydrogen) atoms. The number of hydrogen-bond acceptors (Lipinski definition) is 5. The van der Waals surface area contributed by atoms with Gasteiger partial charge in [-0.2, -0.15) is 4.68 Å². The van der Waals surface area contributed by atoms with Crippen LogP contribution in [0.1, 0.15) is 18.5 Å². The van der Waals surface area contributed by atoms with Crippen LogP contribution in [0, 0.1) is 0 Å². The average molecular weight is 335 g/mol. The number of allylic oxidation sites excluding steroid dienone is 1. The molecule has 1 aromatic carbocycles. The molecule has 8 heteroatoms. The van der Waals surface area contributed by atoms with E-state index in [1.165, 1.54) is 0 Å². The number of hydrogen-bond donors (Lipinski definition) is 2. The minimum Gasteiger partial charge on any atom is -0.366 e. The van der Waals surface area contributed by atoms with Gasteiger partial charge in [0.1, 0.15) is 6.04 Å². The molecule has 0 spiro atoms. The number of carbonyl (C=O) groups excluding carboxylic acids is 1. The van der Waals surface area contributed by atoms with Gasteiger partial charge in [0.2, 0.25) is 11.9 Å². The Morgan fingerprint density at radius 2 is 2.30 bits per heavy atom. The molecule has 7 nitrogen and oxygen atoms in total. The van der Waals surface area contributed by atoms with Crippen LogP contribution < -0.4 is 11.1 Å². The fourth-order valence-electron chi connectivity index (χ4n) is 2.32. The van der Waals surface area contributed by atoms with Gasteiger partial charge in [0.05, 0.1) is 5.57 Å². The summed E-state index contributed by atoms with van der Waals surface area (Å²) in [7, 11) is 0. The minimum absolute atomic E-state index is 0.434. The molecule has 0 radical (unpaired) electrons. The lowest BCUT2D eigenvalue weighted by atomic mass is 9.95. The van der Waals surface area contributed by atoms with E-state index in [0.717, 1.165) is 10.0 Å². The van der Waals surface area contributed by atoms with Crippen LogP contribution in [0.4, 0.5) is 5.95 Å². The van der Waals surface area contributed by atoms with Crippen molar-refractivity contribution in [3.05, 3.63) is 45.6 Å². The molecule has 0 bridgehead atoms. The number of rotatable bonds is 2. The SMILES string of the molecule is CC1=C(C(N)=O)C(c2cccc(Br)c2)n2nnnc2N1. The number of halogens is 1. The third kappa shape index (κ3) is 1.97. The van der Waals surface area contributed by atoms with E-state index in [1.54, 1.807) is 11.6 Å². The maximum absolute atomic E-state index is 11.8. The van der Waals surface area contributed by atoms with Gasteiger partial charge in [0.25, 0.3) is 0 Å². The first kappa shape index (κ1) is 12.8. The predicted octanol–water partition coefficient (Wildman–Crippen LogP) is 1.21. The molecule has 2 aromatic rings. The molecule has 1 unspecified atom stereocenters. The summed E-state index contributed by atoms with van der Waals surface area (Å²) in [6.45, 7) is 1.78. The second-order valence-corrected chi connectivity index (χ2v) is 5.35. The summed E-state index contributed by atoms with van der Waals surface area (Å²) >= 11 is 3.42. The minimum atomic E-state index is -0.499. The topological polar surface area (TPSA) is 98.7 Å². The molecule has 1 aliphatic heterocycles. The quantitative estimate of drug-likeness (QED) is 0.859. The number of nitrogens with zero attached hydrogens (tertiary/aromatic N) is 4. The summed E-state index contributed by atoms with van der Waals surface area (Å²) in [4.78, 5) is 11.8. The maximum Gasteiger partial charge on any atom is 0.248 e. The highest BCUT2D eigenvalue weighted by Crippen LogP contribution is 2.34. The van der Waals surface area contributed by atoms with Crippen LogP contribution in [0.5, 0.6) is 0 Å². The zero-order chi connectivity index (χ0) is 14.3. The smallest absolute Gasteiger partial charge is 0.248 e. The second kappa shape index (κ2) is 4.71. The second-order valence-electron chi connectivity index (χ2n) is 4.43. The maximum atomic E-state index is 11.8. The Balaban J connectivity index is 2.22. The summed E-state index contributed by atoms with van der Waals surface area (Å²) in [5.74, 6) is -0.0152. The zero-order valence-electron chi connectivity index (χ0n) is 10.5. The lowest BCUT2D eigenvalue weighted by Crippen LogP contribution is -2.31. The summed E-state index contributed by atoms with van der Waals surface area (Å²) in [6.07, 6.45) is 0. The molecule has 0 aliphatic carbocycles. The van der Waals surface area contributed by atoms with E-state index in [9.17, 15) is 4.79 Å². The van der Waals surface area contributed by atoms with Gasteiger partial charge in [-0.3, -0.25) is 4.79 Å². The Kier molecular flexibility index (Phi) is 3.01. The number of primary amides is 1. The lowest BCUT2D eigenvalue weighted by molar-refractivity contribution is -0.115. The monoisotopic (exact) mass is 334 g/mol. The van der Waals surface area contributed by atoms with Crippen LogP contribution in [0.3, 0.4) is 0 Å². The van der Waals surface area contributed by atoms with Crippen molar-refractivity contribution in [3.63, 3.8) is 0 Å². The molecule has 0 saturated heterocycles. The highest BCUT2D eigenvalue weighted by atomic mass is 79.9. The first-order valence-corrected chi connectivity index (χ1v) is 6.68. The number of benzene rings is 1. The van der Waals surface area contributed by atoms with Gasteiger partial charge >= 0.3 is 0 Å². The molecule has 102 valence electrons. The van der Waals surface area contributed by atoms with Crippen LogP contribution in [0.2, 0.25) is 0 Å². The van der Waals surface area contributed by atoms with E-state index >= 15 is 0 Å². The van der Waals surface area contributed by atoms with Crippen molar-refractivity contribution >= 4 is 27.8 Å².